The zero-order chi connectivity index (χ0) is 12.5. The Morgan fingerprint density at radius 1 is 1.39 bits per heavy atom. The Hall–Kier alpha value is -1.95. The van der Waals surface area contributed by atoms with Crippen molar-refractivity contribution in [3.05, 3.63) is 35.7 Å². The van der Waals surface area contributed by atoms with E-state index in [2.05, 4.69) is 24.4 Å². The number of imidazole rings is 1. The lowest BCUT2D eigenvalue weighted by molar-refractivity contribution is 0.235. The van der Waals surface area contributed by atoms with Crippen LogP contribution in [0.4, 0.5) is 5.95 Å². The maximum Gasteiger partial charge on any atom is 0.220 e. The van der Waals surface area contributed by atoms with Gasteiger partial charge in [-0.05, 0) is 0 Å². The molecule has 0 aromatic carbocycles. The summed E-state index contributed by atoms with van der Waals surface area (Å²) in [6.45, 7) is 2.70. The van der Waals surface area contributed by atoms with Gasteiger partial charge in [-0.1, -0.05) is 0 Å². The summed E-state index contributed by atoms with van der Waals surface area (Å²) in [6, 6.07) is 0. The normalized spacial score (nSPS) is 15.6. The Labute approximate surface area is 105 Å². The van der Waals surface area contributed by atoms with E-state index in [4.69, 9.17) is 5.73 Å². The minimum atomic E-state index is 0.367. The molecule has 2 N–H and O–H groups in total. The van der Waals surface area contributed by atoms with Gasteiger partial charge in [0.2, 0.25) is 5.95 Å². The van der Waals surface area contributed by atoms with Crippen LogP contribution in [0.3, 0.4) is 0 Å². The summed E-state index contributed by atoms with van der Waals surface area (Å²) < 4.78 is 2.05. The molecule has 0 spiro atoms. The molecule has 6 nitrogen and oxygen atoms in total. The van der Waals surface area contributed by atoms with Crippen LogP contribution in [0, 0.1) is 0 Å². The van der Waals surface area contributed by atoms with Crippen LogP contribution >= 0.6 is 0 Å². The second kappa shape index (κ2) is 4.38. The average molecular weight is 244 g/mol. The maximum absolute atomic E-state index is 5.60. The van der Waals surface area contributed by atoms with E-state index in [1.165, 1.54) is 5.56 Å². The van der Waals surface area contributed by atoms with E-state index in [1.807, 2.05) is 25.6 Å². The smallest absolute Gasteiger partial charge is 0.220 e. The quantitative estimate of drug-likeness (QED) is 0.825. The minimum absolute atomic E-state index is 0.367. The Balaban J connectivity index is 1.75. The number of aryl methyl sites for hydroxylation is 1. The topological polar surface area (TPSA) is 72.9 Å². The predicted octanol–water partition coefficient (Wildman–Crippen LogP) is 0.351. The first-order chi connectivity index (χ1) is 8.72. The molecule has 1 aliphatic rings. The van der Waals surface area contributed by atoms with Gasteiger partial charge in [-0.2, -0.15) is 0 Å². The Bertz CT molecular complexity index is 561. The molecule has 6 heteroatoms. The molecule has 0 bridgehead atoms. The number of nitrogens with zero attached hydrogens (tertiary/aromatic N) is 5. The number of rotatable bonds is 2. The van der Waals surface area contributed by atoms with Crippen molar-refractivity contribution in [2.24, 2.45) is 7.05 Å². The van der Waals surface area contributed by atoms with Gasteiger partial charge < -0.3 is 10.3 Å². The second-order valence-electron chi connectivity index (χ2n) is 4.62. The molecule has 1 aliphatic heterocycles. The van der Waals surface area contributed by atoms with Crippen LogP contribution in [0.15, 0.2) is 18.6 Å². The van der Waals surface area contributed by atoms with Crippen molar-refractivity contribution in [3.8, 4) is 0 Å². The largest absolute Gasteiger partial charge is 0.368 e. The van der Waals surface area contributed by atoms with Crippen LogP contribution in [0.2, 0.25) is 0 Å². The molecule has 0 unspecified atom stereocenters. The maximum atomic E-state index is 5.60. The molecule has 0 fully saturated rings. The van der Waals surface area contributed by atoms with Gasteiger partial charge in [-0.15, -0.1) is 0 Å². The van der Waals surface area contributed by atoms with E-state index < -0.39 is 0 Å². The fraction of sp³-hybridized carbons (Fsp3) is 0.417. The molecule has 0 saturated carbocycles. The number of fused-ring (bicyclic) bond motifs is 1. The third-order valence-corrected chi connectivity index (χ3v) is 3.32. The zero-order valence-electron chi connectivity index (χ0n) is 10.4. The van der Waals surface area contributed by atoms with E-state index in [9.17, 15) is 0 Å². The molecule has 0 amide bonds. The van der Waals surface area contributed by atoms with E-state index in [0.29, 0.717) is 5.95 Å². The highest BCUT2D eigenvalue weighted by Gasteiger charge is 2.19. The molecular formula is C12H16N6. The molecule has 0 radical (unpaired) electrons. The lowest BCUT2D eigenvalue weighted by Gasteiger charge is -2.27. The lowest BCUT2D eigenvalue weighted by atomic mass is 10.1. The van der Waals surface area contributed by atoms with E-state index >= 15 is 0 Å². The molecule has 2 aromatic heterocycles. The van der Waals surface area contributed by atoms with Crippen molar-refractivity contribution < 1.29 is 0 Å². The zero-order valence-corrected chi connectivity index (χ0v) is 10.4. The fourth-order valence-corrected chi connectivity index (χ4v) is 2.27. The number of nitrogen functional groups attached to an aromatic ring is 1. The number of nitrogens with two attached hydrogens (primary N) is 1. The first-order valence-electron chi connectivity index (χ1n) is 6.01. The summed E-state index contributed by atoms with van der Waals surface area (Å²) in [6.07, 6.45) is 6.56. The van der Waals surface area contributed by atoms with Gasteiger partial charge in [-0.3, -0.25) is 4.90 Å². The highest BCUT2D eigenvalue weighted by Crippen LogP contribution is 2.18. The summed E-state index contributed by atoms with van der Waals surface area (Å²) in [5.41, 5.74) is 7.85. The molecular weight excluding hydrogens is 228 g/mol. The van der Waals surface area contributed by atoms with Crippen LogP contribution < -0.4 is 5.73 Å². The second-order valence-corrected chi connectivity index (χ2v) is 4.62. The van der Waals surface area contributed by atoms with Gasteiger partial charge in [-0.25, -0.2) is 15.0 Å². The van der Waals surface area contributed by atoms with Gasteiger partial charge in [0.1, 0.15) is 5.82 Å². The summed E-state index contributed by atoms with van der Waals surface area (Å²) >= 11 is 0. The van der Waals surface area contributed by atoms with Gasteiger partial charge in [0.15, 0.2) is 0 Å². The standard InChI is InChI=1S/C12H16N6/c1-17-5-3-14-11(17)8-18-4-2-10-9(7-18)6-15-12(13)16-10/h3,5-6H,2,4,7-8H2,1H3,(H2,13,15,16). The first-order valence-corrected chi connectivity index (χ1v) is 6.01. The van der Waals surface area contributed by atoms with Crippen LogP contribution in [-0.2, 0) is 26.6 Å². The molecule has 2 aromatic rings. The molecule has 94 valence electrons. The number of hydrogen-bond donors (Lipinski definition) is 1. The SMILES string of the molecule is Cn1ccnc1CN1CCc2nc(N)ncc2C1. The Morgan fingerprint density at radius 3 is 3.06 bits per heavy atom. The van der Waals surface area contributed by atoms with E-state index in [0.717, 1.165) is 37.6 Å². The summed E-state index contributed by atoms with van der Waals surface area (Å²) in [5.74, 6) is 1.45. The van der Waals surface area contributed by atoms with Crippen molar-refractivity contribution in [3.63, 3.8) is 0 Å². The molecule has 0 atom stereocenters. The van der Waals surface area contributed by atoms with Crippen molar-refractivity contribution in [1.82, 2.24) is 24.4 Å². The van der Waals surface area contributed by atoms with Gasteiger partial charge in [0.05, 0.1) is 12.2 Å². The van der Waals surface area contributed by atoms with Crippen LogP contribution in [-0.4, -0.2) is 31.0 Å². The van der Waals surface area contributed by atoms with Crippen molar-refractivity contribution in [2.75, 3.05) is 12.3 Å². The van der Waals surface area contributed by atoms with Crippen LogP contribution in [0.5, 0.6) is 0 Å². The number of aromatic nitrogens is 4. The summed E-state index contributed by atoms with van der Waals surface area (Å²) in [4.78, 5) is 15.0. The van der Waals surface area contributed by atoms with Gasteiger partial charge in [0.25, 0.3) is 0 Å². The van der Waals surface area contributed by atoms with Crippen molar-refractivity contribution in [2.45, 2.75) is 19.5 Å². The fourth-order valence-electron chi connectivity index (χ4n) is 2.27. The number of hydrogen-bond acceptors (Lipinski definition) is 5. The summed E-state index contributed by atoms with van der Waals surface area (Å²) in [7, 11) is 2.02. The Kier molecular flexibility index (Phi) is 2.71. The molecule has 0 aliphatic carbocycles. The van der Waals surface area contributed by atoms with Gasteiger partial charge >= 0.3 is 0 Å². The average Bonchev–Trinajstić information content (AvgIpc) is 2.75. The van der Waals surface area contributed by atoms with Crippen LogP contribution in [0.25, 0.3) is 0 Å². The van der Waals surface area contributed by atoms with E-state index in [-0.39, 0.29) is 0 Å². The van der Waals surface area contributed by atoms with E-state index in [1.54, 1.807) is 0 Å². The first kappa shape index (κ1) is 11.2. The summed E-state index contributed by atoms with van der Waals surface area (Å²) in [5, 5.41) is 0. The third-order valence-electron chi connectivity index (χ3n) is 3.32. The molecule has 3 rings (SSSR count). The van der Waals surface area contributed by atoms with Gasteiger partial charge in [0, 0.05) is 50.7 Å². The predicted molar refractivity (Wildman–Crippen MR) is 67.5 cm³/mol. The number of anilines is 1. The third kappa shape index (κ3) is 2.06. The minimum Gasteiger partial charge on any atom is -0.368 e. The van der Waals surface area contributed by atoms with Crippen LogP contribution in [0.1, 0.15) is 17.1 Å². The Morgan fingerprint density at radius 2 is 2.28 bits per heavy atom. The molecule has 18 heavy (non-hydrogen) atoms. The highest BCUT2D eigenvalue weighted by molar-refractivity contribution is 5.26. The van der Waals surface area contributed by atoms with Crippen molar-refractivity contribution in [1.29, 1.82) is 0 Å². The van der Waals surface area contributed by atoms with Crippen molar-refractivity contribution >= 4 is 5.95 Å². The lowest BCUT2D eigenvalue weighted by Crippen LogP contribution is -2.31. The molecule has 3 heterocycles. The monoisotopic (exact) mass is 244 g/mol. The highest BCUT2D eigenvalue weighted by atomic mass is 15.2. The molecule has 0 saturated heterocycles.